The molecule has 0 saturated carbocycles. The molecule has 0 bridgehead atoms. The molecule has 6 fully saturated rings. The van der Waals surface area contributed by atoms with Crippen LogP contribution in [0.15, 0.2) is 164 Å². The van der Waals surface area contributed by atoms with Gasteiger partial charge in [-0.1, -0.05) is 110 Å². The van der Waals surface area contributed by atoms with Crippen molar-refractivity contribution in [2.45, 2.75) is 116 Å². The van der Waals surface area contributed by atoms with Crippen LogP contribution in [-0.4, -0.2) is 160 Å². The van der Waals surface area contributed by atoms with Crippen molar-refractivity contribution >= 4 is 53.2 Å². The zero-order chi connectivity index (χ0) is 86.8. The number of hydrogen-bond acceptors (Lipinski definition) is 15. The van der Waals surface area contributed by atoms with Crippen LogP contribution >= 0.6 is 0 Å². The highest BCUT2D eigenvalue weighted by atomic mass is 16.5. The molecule has 0 spiro atoms. The summed E-state index contributed by atoms with van der Waals surface area (Å²) >= 11 is 0. The number of benzene rings is 6. The van der Waals surface area contributed by atoms with E-state index >= 15 is 0 Å². The lowest BCUT2D eigenvalue weighted by atomic mass is 10.0. The minimum Gasteiger partial charge on any atom is -0.489 e. The van der Waals surface area contributed by atoms with E-state index in [0.717, 1.165) is 26.8 Å². The van der Waals surface area contributed by atoms with E-state index < -0.39 is 140 Å². The van der Waals surface area contributed by atoms with Gasteiger partial charge < -0.3 is 73.8 Å². The Morgan fingerprint density at radius 2 is 0.745 bits per heavy atom. The van der Waals surface area contributed by atoms with E-state index in [-0.39, 0.29) is 155 Å². The SMILES string of the molecule is [2H]c1c([2H])c(C([2H])([2H])N2CCOCC2=O)c([2H])c([2H])c1COc1cccc2c1CN(C1CCC(=C)NC1=O)C2=O.[2H]c1cc(C([2H])([2H])N2CCOCC2=O)c([2H])c([2H])c1C([2H])Oc1cccc2c1CN(C1CCC(=C)NC1=O)C2=O.[2H]c1cc(C([2H])Oc2cccc3c2CN(C2CCC(=C)NC2=O)C3=O)c([2H])c([2H])c1C([2H])([2H])N1CCOCC1=O. The predicted molar refractivity (Wildman–Crippen MR) is 371 cm³/mol. The molecule has 528 valence electrons. The van der Waals surface area contributed by atoms with Crippen LogP contribution < -0.4 is 30.2 Å². The van der Waals surface area contributed by atoms with Crippen molar-refractivity contribution in [3.63, 3.8) is 0 Å². The van der Waals surface area contributed by atoms with Crippen molar-refractivity contribution in [2.24, 2.45) is 0 Å². The number of amides is 9. The standard InChI is InChI=1S/3C26H27N3O5/c3*1-17-5-10-22(25(31)27-17)29-14-21-20(26(29)32)3-2-4-23(21)34-15-19-8-6-18(7-9-19)13-28-11-12-33-16-24(28)30/h3*2-4,6-9,22H,1,5,10-16H2,(H,27,31)/i6D,8D,9D,13D2,15D;6D,7D,8D,13D2,15D;6D,7D,8D,9D,13D2. The van der Waals surface area contributed by atoms with Gasteiger partial charge in [-0.3, -0.25) is 43.2 Å². The lowest BCUT2D eigenvalue weighted by molar-refractivity contribution is -0.144. The molecule has 5 atom stereocenters. The van der Waals surface area contributed by atoms with E-state index in [1.807, 2.05) is 0 Å². The quantitative estimate of drug-likeness (QED) is 0.0774. The largest absolute Gasteiger partial charge is 0.489 e. The molecule has 6 aromatic carbocycles. The van der Waals surface area contributed by atoms with E-state index in [9.17, 15) is 43.2 Å². The van der Waals surface area contributed by atoms with Crippen molar-refractivity contribution in [2.75, 3.05) is 59.3 Å². The number of carbonyl (C=O) groups is 9. The molecule has 3 N–H and O–H groups in total. The second kappa shape index (κ2) is 31.3. The summed E-state index contributed by atoms with van der Waals surface area (Å²) in [6.07, 6.45) is 2.93. The first-order valence-corrected chi connectivity index (χ1v) is 32.8. The number of rotatable bonds is 18. The Morgan fingerprint density at radius 3 is 1.16 bits per heavy atom. The maximum Gasteiger partial charge on any atom is 0.255 e. The van der Waals surface area contributed by atoms with Crippen molar-refractivity contribution in [3.8, 4) is 17.2 Å². The highest BCUT2D eigenvalue weighted by Gasteiger charge is 2.43. The highest BCUT2D eigenvalue weighted by Crippen LogP contribution is 2.38. The van der Waals surface area contributed by atoms with Gasteiger partial charge in [0.1, 0.15) is 75.0 Å². The zero-order valence-electron chi connectivity index (χ0n) is 73.1. The Balaban J connectivity index is 0.000000156. The van der Waals surface area contributed by atoms with Crippen molar-refractivity contribution in [1.82, 2.24) is 45.3 Å². The third-order valence-electron chi connectivity index (χ3n) is 17.7. The topological polar surface area (TPSA) is 265 Å². The molecule has 9 aliphatic rings. The minimum atomic E-state index is -2.60. The molecule has 6 aromatic rings. The molecule has 24 heteroatoms. The fourth-order valence-electron chi connectivity index (χ4n) is 12.4. The molecular weight excluding hydrogens is 1300 g/mol. The van der Waals surface area contributed by atoms with Gasteiger partial charge in [0.15, 0.2) is 0 Å². The van der Waals surface area contributed by atoms with Crippen LogP contribution in [0.2, 0.25) is 0 Å². The average Bonchev–Trinajstić information content (AvgIpc) is 1.08. The van der Waals surface area contributed by atoms with Crippen LogP contribution in [0.3, 0.4) is 0 Å². The molecule has 15 rings (SSSR count). The fraction of sp³-hybridized carbons (Fsp3) is 0.346. The second-order valence-corrected chi connectivity index (χ2v) is 24.6. The van der Waals surface area contributed by atoms with Gasteiger partial charge >= 0.3 is 0 Å². The molecule has 5 unspecified atom stereocenters. The number of nitrogens with zero attached hydrogens (tertiary/aromatic N) is 6. The number of nitrogens with one attached hydrogen (secondary N) is 3. The molecular formula is C78H81N9O15. The summed E-state index contributed by atoms with van der Waals surface area (Å²) in [5.74, 6) is -3.22. The van der Waals surface area contributed by atoms with E-state index in [0.29, 0.717) is 94.7 Å². The van der Waals surface area contributed by atoms with Gasteiger partial charge in [-0.2, -0.15) is 0 Å². The summed E-state index contributed by atoms with van der Waals surface area (Å²) in [5, 5.41) is 8.04. The Labute approximate surface area is 616 Å². The van der Waals surface area contributed by atoms with Crippen LogP contribution in [0.1, 0.15) is 144 Å². The molecule has 9 amide bonds. The van der Waals surface area contributed by atoms with Gasteiger partial charge in [0, 0.05) is 89.6 Å². The number of fused-ring (bicyclic) bond motifs is 3. The molecule has 0 aliphatic carbocycles. The van der Waals surface area contributed by atoms with Crippen LogP contribution in [0.4, 0.5) is 0 Å². The molecule has 24 nitrogen and oxygen atoms in total. The number of carbonyl (C=O) groups excluding carboxylic acids is 9. The maximum absolute atomic E-state index is 13.1. The Hall–Kier alpha value is -11.0. The first-order chi connectivity index (χ1) is 56.8. The summed E-state index contributed by atoms with van der Waals surface area (Å²) < 4.78 is 186. The summed E-state index contributed by atoms with van der Waals surface area (Å²) in [6, 6.07) is 9.08. The van der Waals surface area contributed by atoms with Crippen LogP contribution in [-0.2, 0) is 102 Å². The van der Waals surface area contributed by atoms with Crippen LogP contribution in [0.25, 0.3) is 0 Å². The smallest absolute Gasteiger partial charge is 0.255 e. The number of piperidine rings is 3. The summed E-state index contributed by atoms with van der Waals surface area (Å²) in [4.78, 5) is 121. The van der Waals surface area contributed by atoms with Gasteiger partial charge in [0.2, 0.25) is 35.4 Å². The number of hydrogen-bond donors (Lipinski definition) is 3. The molecule has 0 radical (unpaired) electrons. The first-order valence-electron chi connectivity index (χ1n) is 41.9. The summed E-state index contributed by atoms with van der Waals surface area (Å²) in [5.41, 5.74) is 2.42. The number of ether oxygens (including phenoxy) is 6. The zero-order valence-corrected chi connectivity index (χ0v) is 55.1. The average molecular weight is 1400 g/mol. The fourth-order valence-corrected chi connectivity index (χ4v) is 12.4. The van der Waals surface area contributed by atoms with Crippen molar-refractivity contribution in [3.05, 3.63) is 231 Å². The maximum atomic E-state index is 13.1. The lowest BCUT2D eigenvalue weighted by Gasteiger charge is -2.31. The van der Waals surface area contributed by atoms with Gasteiger partial charge in [-0.15, -0.1) is 0 Å². The van der Waals surface area contributed by atoms with Gasteiger partial charge in [0.05, 0.1) is 64.1 Å². The van der Waals surface area contributed by atoms with Gasteiger partial charge in [-0.05, 0) is 108 Å². The third-order valence-corrected chi connectivity index (χ3v) is 17.7. The normalized spacial score (nSPS) is 24.0. The van der Waals surface area contributed by atoms with E-state index in [4.69, 9.17) is 53.1 Å². The Morgan fingerprint density at radius 1 is 0.412 bits per heavy atom. The molecule has 0 aromatic heterocycles. The molecule has 9 aliphatic heterocycles. The lowest BCUT2D eigenvalue weighted by Crippen LogP contribution is -2.49. The summed E-state index contributed by atoms with van der Waals surface area (Å²) in [7, 11) is 0. The second-order valence-electron chi connectivity index (χ2n) is 24.6. The van der Waals surface area contributed by atoms with E-state index in [2.05, 4.69) is 35.7 Å². The minimum absolute atomic E-state index is 0.0516. The molecule has 102 heavy (non-hydrogen) atoms. The third kappa shape index (κ3) is 15.9. The predicted octanol–water partition coefficient (Wildman–Crippen LogP) is 7.12. The first kappa shape index (κ1) is 50.4. The molecule has 6 saturated heterocycles. The number of morpholine rings is 3. The molecule has 9 heterocycles. The van der Waals surface area contributed by atoms with Crippen molar-refractivity contribution < 1.29 is 96.2 Å². The van der Waals surface area contributed by atoms with Gasteiger partial charge in [0.25, 0.3) is 17.7 Å². The monoisotopic (exact) mass is 1400 g/mol. The van der Waals surface area contributed by atoms with E-state index in [1.165, 1.54) is 14.7 Å². The van der Waals surface area contributed by atoms with Crippen molar-refractivity contribution in [1.29, 1.82) is 0 Å². The Bertz CT molecular complexity index is 5300. The van der Waals surface area contributed by atoms with E-state index in [1.54, 1.807) is 54.6 Å². The Kier molecular flexibility index (Phi) is 15.5. The van der Waals surface area contributed by atoms with Crippen LogP contribution in [0.5, 0.6) is 17.2 Å². The van der Waals surface area contributed by atoms with Gasteiger partial charge in [-0.25, -0.2) is 0 Å². The number of allylic oxidation sites excluding steroid dienone is 3. The summed E-state index contributed by atoms with van der Waals surface area (Å²) in [6.45, 7) is -0.544. The highest BCUT2D eigenvalue weighted by molar-refractivity contribution is 6.04. The van der Waals surface area contributed by atoms with Crippen LogP contribution in [0, 0.1) is 0 Å².